The second-order valence-corrected chi connectivity index (χ2v) is 4.50. The highest BCUT2D eigenvalue weighted by Crippen LogP contribution is 2.31. The summed E-state index contributed by atoms with van der Waals surface area (Å²) in [4.78, 5) is 27.1. The average molecular weight is 282 g/mol. The van der Waals surface area contributed by atoms with Crippen LogP contribution in [0.1, 0.15) is 0 Å². The molecule has 21 heavy (non-hydrogen) atoms. The van der Waals surface area contributed by atoms with E-state index in [1.165, 1.54) is 10.9 Å². The van der Waals surface area contributed by atoms with Crippen molar-refractivity contribution in [3.8, 4) is 11.4 Å². The summed E-state index contributed by atoms with van der Waals surface area (Å²) in [5.74, 6) is 0.915. The average Bonchev–Trinajstić information content (AvgIpc) is 2.84. The highest BCUT2D eigenvalue weighted by atomic mass is 16.5. The first-order valence-electron chi connectivity index (χ1n) is 6.25. The SMILES string of the molecule is Nc1ncnc2c1[nH]c(=O)n2-c1ccc2c(c1)N=CCO2. The Kier molecular flexibility index (Phi) is 2.31. The Bertz CT molecular complexity index is 939. The Morgan fingerprint density at radius 1 is 1.33 bits per heavy atom. The molecule has 0 bridgehead atoms. The van der Waals surface area contributed by atoms with Gasteiger partial charge in [-0.05, 0) is 18.2 Å². The predicted molar refractivity (Wildman–Crippen MR) is 77.5 cm³/mol. The van der Waals surface area contributed by atoms with Gasteiger partial charge in [-0.3, -0.25) is 4.99 Å². The molecule has 0 fully saturated rings. The van der Waals surface area contributed by atoms with Crippen LogP contribution in [0.2, 0.25) is 0 Å². The number of hydrogen-bond acceptors (Lipinski definition) is 6. The predicted octanol–water partition coefficient (Wildman–Crippen LogP) is 0.786. The monoisotopic (exact) mass is 282 g/mol. The lowest BCUT2D eigenvalue weighted by Crippen LogP contribution is -2.15. The van der Waals surface area contributed by atoms with E-state index >= 15 is 0 Å². The van der Waals surface area contributed by atoms with Crippen LogP contribution in [0.15, 0.2) is 34.3 Å². The maximum Gasteiger partial charge on any atom is 0.332 e. The maximum atomic E-state index is 12.2. The third-order valence-corrected chi connectivity index (χ3v) is 3.25. The normalized spacial score (nSPS) is 13.1. The van der Waals surface area contributed by atoms with Crippen LogP contribution in [-0.4, -0.2) is 32.3 Å². The number of H-pyrrole nitrogens is 1. The van der Waals surface area contributed by atoms with E-state index in [1.807, 2.05) is 0 Å². The van der Waals surface area contributed by atoms with Crippen LogP contribution in [0, 0.1) is 0 Å². The Hall–Kier alpha value is -3.16. The number of nitrogen functional groups attached to an aromatic ring is 1. The number of hydrogen-bond donors (Lipinski definition) is 2. The highest BCUT2D eigenvalue weighted by molar-refractivity contribution is 5.83. The van der Waals surface area contributed by atoms with Crippen LogP contribution >= 0.6 is 0 Å². The number of nitrogens with zero attached hydrogens (tertiary/aromatic N) is 4. The van der Waals surface area contributed by atoms with E-state index in [-0.39, 0.29) is 11.5 Å². The zero-order valence-electron chi connectivity index (χ0n) is 10.8. The topological polar surface area (TPSA) is 111 Å². The molecule has 0 saturated heterocycles. The number of aromatic amines is 1. The lowest BCUT2D eigenvalue weighted by molar-refractivity contribution is 0.377. The molecule has 0 saturated carbocycles. The highest BCUT2D eigenvalue weighted by Gasteiger charge is 2.15. The summed E-state index contributed by atoms with van der Waals surface area (Å²) in [5.41, 5.74) is 7.55. The van der Waals surface area contributed by atoms with Crippen LogP contribution in [0.25, 0.3) is 16.9 Å². The van der Waals surface area contributed by atoms with E-state index in [0.29, 0.717) is 34.9 Å². The molecule has 3 aromatic rings. The van der Waals surface area contributed by atoms with Gasteiger partial charge in [0, 0.05) is 6.21 Å². The molecule has 3 N–H and O–H groups in total. The number of benzene rings is 1. The van der Waals surface area contributed by atoms with E-state index in [2.05, 4.69) is 19.9 Å². The van der Waals surface area contributed by atoms with Gasteiger partial charge in [0.25, 0.3) is 0 Å². The van der Waals surface area contributed by atoms with Gasteiger partial charge >= 0.3 is 5.69 Å². The molecule has 0 unspecified atom stereocenters. The Balaban J connectivity index is 1.99. The van der Waals surface area contributed by atoms with Gasteiger partial charge in [0.2, 0.25) is 0 Å². The number of aromatic nitrogens is 4. The minimum absolute atomic E-state index is 0.232. The molecular formula is C13H10N6O2. The van der Waals surface area contributed by atoms with E-state index in [1.54, 1.807) is 24.4 Å². The van der Waals surface area contributed by atoms with Crippen LogP contribution in [0.3, 0.4) is 0 Å². The van der Waals surface area contributed by atoms with Crippen molar-refractivity contribution in [2.24, 2.45) is 4.99 Å². The van der Waals surface area contributed by atoms with Crippen LogP contribution in [-0.2, 0) is 0 Å². The van der Waals surface area contributed by atoms with Crippen molar-refractivity contribution in [2.75, 3.05) is 12.3 Å². The van der Waals surface area contributed by atoms with Gasteiger partial charge in [-0.25, -0.2) is 19.3 Å². The number of aliphatic imine (C=N–C) groups is 1. The van der Waals surface area contributed by atoms with Crippen LogP contribution < -0.4 is 16.2 Å². The quantitative estimate of drug-likeness (QED) is 0.685. The van der Waals surface area contributed by atoms with Gasteiger partial charge in [-0.15, -0.1) is 0 Å². The van der Waals surface area contributed by atoms with Crippen molar-refractivity contribution in [3.05, 3.63) is 35.0 Å². The first-order valence-corrected chi connectivity index (χ1v) is 6.25. The third-order valence-electron chi connectivity index (χ3n) is 3.25. The fourth-order valence-corrected chi connectivity index (χ4v) is 2.31. The molecule has 104 valence electrons. The van der Waals surface area contributed by atoms with Gasteiger partial charge in [-0.1, -0.05) is 0 Å². The number of anilines is 1. The molecule has 0 atom stereocenters. The molecule has 0 amide bonds. The number of fused-ring (bicyclic) bond motifs is 2. The summed E-state index contributed by atoms with van der Waals surface area (Å²) >= 11 is 0. The largest absolute Gasteiger partial charge is 0.486 e. The van der Waals surface area contributed by atoms with Gasteiger partial charge < -0.3 is 15.5 Å². The zero-order valence-corrected chi connectivity index (χ0v) is 10.8. The molecule has 0 aliphatic carbocycles. The second-order valence-electron chi connectivity index (χ2n) is 4.50. The summed E-state index contributed by atoms with van der Waals surface area (Å²) in [7, 11) is 0. The Morgan fingerprint density at radius 3 is 3.14 bits per heavy atom. The van der Waals surface area contributed by atoms with Crippen molar-refractivity contribution in [3.63, 3.8) is 0 Å². The zero-order chi connectivity index (χ0) is 14.4. The summed E-state index contributed by atoms with van der Waals surface area (Å²) in [6.07, 6.45) is 2.99. The van der Waals surface area contributed by atoms with Crippen LogP contribution in [0.4, 0.5) is 11.5 Å². The minimum Gasteiger partial charge on any atom is -0.486 e. The molecule has 0 radical (unpaired) electrons. The summed E-state index contributed by atoms with van der Waals surface area (Å²) in [6, 6.07) is 5.31. The lowest BCUT2D eigenvalue weighted by Gasteiger charge is -2.12. The fourth-order valence-electron chi connectivity index (χ4n) is 2.31. The van der Waals surface area contributed by atoms with E-state index < -0.39 is 0 Å². The van der Waals surface area contributed by atoms with Crippen molar-refractivity contribution in [1.82, 2.24) is 19.5 Å². The molecule has 1 aliphatic heterocycles. The van der Waals surface area contributed by atoms with Crippen molar-refractivity contribution >= 4 is 28.9 Å². The van der Waals surface area contributed by atoms with Crippen molar-refractivity contribution < 1.29 is 4.74 Å². The van der Waals surface area contributed by atoms with Crippen molar-refractivity contribution in [2.45, 2.75) is 0 Å². The summed E-state index contributed by atoms with van der Waals surface area (Å²) in [5, 5.41) is 0. The number of ether oxygens (including phenoxy) is 1. The number of nitrogens with two attached hydrogens (primary N) is 1. The molecule has 4 rings (SSSR count). The van der Waals surface area contributed by atoms with Crippen LogP contribution in [0.5, 0.6) is 5.75 Å². The van der Waals surface area contributed by atoms with Gasteiger partial charge in [-0.2, -0.15) is 0 Å². The molecule has 3 heterocycles. The minimum atomic E-state index is -0.335. The second kappa shape index (κ2) is 4.17. The van der Waals surface area contributed by atoms with E-state index in [9.17, 15) is 4.79 Å². The molecule has 8 nitrogen and oxygen atoms in total. The summed E-state index contributed by atoms with van der Waals surface area (Å²) in [6.45, 7) is 0.448. The first-order chi connectivity index (χ1) is 10.2. The molecule has 2 aromatic heterocycles. The number of imidazole rings is 1. The Morgan fingerprint density at radius 2 is 2.24 bits per heavy atom. The number of rotatable bonds is 1. The van der Waals surface area contributed by atoms with E-state index in [0.717, 1.165) is 0 Å². The molecule has 1 aromatic carbocycles. The maximum absolute atomic E-state index is 12.2. The van der Waals surface area contributed by atoms with Gasteiger partial charge in [0.1, 0.15) is 29.9 Å². The first kappa shape index (κ1) is 11.6. The third kappa shape index (κ3) is 1.69. The molecular weight excluding hydrogens is 272 g/mol. The standard InChI is InChI=1S/C13H10N6O2/c14-11-10-12(17-6-16-11)19(13(20)18-10)7-1-2-9-8(5-7)15-3-4-21-9/h1-3,5-6H,4H2,(H,18,20)(H2,14,16,17). The molecule has 8 heteroatoms. The Labute approximate surface area is 117 Å². The lowest BCUT2D eigenvalue weighted by atomic mass is 10.2. The fraction of sp³-hybridized carbons (Fsp3) is 0.0769. The smallest absolute Gasteiger partial charge is 0.332 e. The van der Waals surface area contributed by atoms with Gasteiger partial charge in [0.05, 0.1) is 5.69 Å². The number of nitrogens with one attached hydrogen (secondary N) is 1. The van der Waals surface area contributed by atoms with Gasteiger partial charge in [0.15, 0.2) is 11.5 Å². The summed E-state index contributed by atoms with van der Waals surface area (Å²) < 4.78 is 6.87. The van der Waals surface area contributed by atoms with Crippen molar-refractivity contribution in [1.29, 1.82) is 0 Å². The van der Waals surface area contributed by atoms with E-state index in [4.69, 9.17) is 10.5 Å². The molecule has 0 spiro atoms. The molecule has 1 aliphatic rings.